The van der Waals surface area contributed by atoms with Crippen LogP contribution in [-0.4, -0.2) is 64.5 Å². The Kier molecular flexibility index (Phi) is 7.89. The van der Waals surface area contributed by atoms with Crippen molar-refractivity contribution in [2.75, 3.05) is 19.6 Å². The summed E-state index contributed by atoms with van der Waals surface area (Å²) in [7, 11) is 0. The van der Waals surface area contributed by atoms with Crippen molar-refractivity contribution in [2.24, 2.45) is 0 Å². The largest absolute Gasteiger partial charge is 0.444 e. The highest BCUT2D eigenvalue weighted by Crippen LogP contribution is 2.31. The van der Waals surface area contributed by atoms with Crippen LogP contribution in [0, 0.1) is 5.82 Å². The Labute approximate surface area is 196 Å². The molecule has 0 saturated carbocycles. The molecular formula is C23H31F4N3O4. The predicted molar refractivity (Wildman–Crippen MR) is 117 cm³/mol. The molecule has 3 amide bonds. The molecule has 190 valence electrons. The average molecular weight is 490 g/mol. The molecular weight excluding hydrogens is 458 g/mol. The lowest BCUT2D eigenvalue weighted by Crippen LogP contribution is -2.64. The minimum atomic E-state index is -4.73. The molecule has 1 aromatic carbocycles. The molecule has 1 heterocycles. The van der Waals surface area contributed by atoms with Crippen LogP contribution in [0.1, 0.15) is 63.9 Å². The van der Waals surface area contributed by atoms with Gasteiger partial charge in [-0.2, -0.15) is 13.2 Å². The van der Waals surface area contributed by atoms with E-state index in [-0.39, 0.29) is 25.5 Å². The lowest BCUT2D eigenvalue weighted by molar-refractivity contribution is -0.138. The Morgan fingerprint density at radius 1 is 1.15 bits per heavy atom. The van der Waals surface area contributed by atoms with E-state index in [0.717, 1.165) is 6.07 Å². The molecule has 1 atom stereocenters. The highest BCUT2D eigenvalue weighted by molar-refractivity contribution is 5.95. The van der Waals surface area contributed by atoms with Crippen molar-refractivity contribution in [1.82, 2.24) is 15.1 Å². The van der Waals surface area contributed by atoms with Crippen molar-refractivity contribution in [3.05, 3.63) is 35.1 Å². The topological polar surface area (TPSA) is 79.0 Å². The molecule has 34 heavy (non-hydrogen) atoms. The fourth-order valence-electron chi connectivity index (χ4n) is 3.74. The van der Waals surface area contributed by atoms with E-state index >= 15 is 0 Å². The average Bonchev–Trinajstić information content (AvgIpc) is 2.68. The molecule has 1 aliphatic rings. The smallest absolute Gasteiger partial charge is 0.416 e. The van der Waals surface area contributed by atoms with E-state index in [4.69, 9.17) is 4.74 Å². The second kappa shape index (κ2) is 9.79. The van der Waals surface area contributed by atoms with Gasteiger partial charge in [0.05, 0.1) is 16.7 Å². The lowest BCUT2D eigenvalue weighted by atomic mass is 9.96. The molecule has 1 saturated heterocycles. The Balaban J connectivity index is 2.13. The van der Waals surface area contributed by atoms with E-state index in [2.05, 4.69) is 5.32 Å². The summed E-state index contributed by atoms with van der Waals surface area (Å²) in [5.74, 6) is -2.38. The van der Waals surface area contributed by atoms with Crippen LogP contribution in [0.2, 0.25) is 0 Å². The van der Waals surface area contributed by atoms with Crippen LogP contribution in [0.25, 0.3) is 0 Å². The van der Waals surface area contributed by atoms with Gasteiger partial charge in [-0.15, -0.1) is 0 Å². The SMILES string of the molecule is CC[C@H](NC(=O)OC(C)(C)C)C(=O)N1CCN(C(=O)c2ccc(C(F)(F)F)cc2F)C(C)(C)C1. The van der Waals surface area contributed by atoms with Crippen molar-refractivity contribution in [3.63, 3.8) is 0 Å². The van der Waals surface area contributed by atoms with Crippen LogP contribution in [0.4, 0.5) is 22.4 Å². The van der Waals surface area contributed by atoms with Gasteiger partial charge in [-0.05, 0) is 59.2 Å². The first kappa shape index (κ1) is 27.4. The Bertz CT molecular complexity index is 941. The highest BCUT2D eigenvalue weighted by Gasteiger charge is 2.41. The van der Waals surface area contributed by atoms with Gasteiger partial charge < -0.3 is 19.9 Å². The molecule has 2 rings (SSSR count). The summed E-state index contributed by atoms with van der Waals surface area (Å²) < 4.78 is 58.0. The van der Waals surface area contributed by atoms with Crippen molar-refractivity contribution in [3.8, 4) is 0 Å². The Morgan fingerprint density at radius 3 is 2.24 bits per heavy atom. The maximum atomic E-state index is 14.4. The number of carbonyl (C=O) groups excluding carboxylic acids is 3. The zero-order valence-electron chi connectivity index (χ0n) is 20.2. The first-order valence-electron chi connectivity index (χ1n) is 10.9. The van der Waals surface area contributed by atoms with Crippen LogP contribution in [-0.2, 0) is 15.7 Å². The van der Waals surface area contributed by atoms with Crippen molar-refractivity contribution < 1.29 is 36.7 Å². The van der Waals surface area contributed by atoms with Crippen molar-refractivity contribution in [1.29, 1.82) is 0 Å². The number of piperazine rings is 1. The number of nitrogens with zero attached hydrogens (tertiary/aromatic N) is 2. The van der Waals surface area contributed by atoms with Crippen LogP contribution in [0.3, 0.4) is 0 Å². The van der Waals surface area contributed by atoms with Crippen molar-refractivity contribution >= 4 is 17.9 Å². The number of hydrogen-bond donors (Lipinski definition) is 1. The normalized spacial score (nSPS) is 17.2. The van der Waals surface area contributed by atoms with Gasteiger partial charge >= 0.3 is 12.3 Å². The van der Waals surface area contributed by atoms with E-state index in [1.165, 1.54) is 9.80 Å². The second-order valence-corrected chi connectivity index (χ2v) is 9.83. The molecule has 0 spiro atoms. The Hall–Kier alpha value is -2.85. The summed E-state index contributed by atoms with van der Waals surface area (Å²) in [5, 5.41) is 2.56. The molecule has 11 heteroatoms. The maximum absolute atomic E-state index is 14.4. The van der Waals surface area contributed by atoms with Crippen molar-refractivity contribution in [2.45, 2.75) is 71.3 Å². The molecule has 1 aliphatic heterocycles. The number of alkyl carbamates (subject to hydrolysis) is 1. The van der Waals surface area contributed by atoms with E-state index in [1.54, 1.807) is 41.5 Å². The molecule has 0 bridgehead atoms. The fourth-order valence-corrected chi connectivity index (χ4v) is 3.74. The number of benzene rings is 1. The summed E-state index contributed by atoms with van der Waals surface area (Å²) in [4.78, 5) is 40.9. The number of carbonyl (C=O) groups is 3. The first-order chi connectivity index (χ1) is 15.5. The number of rotatable bonds is 4. The highest BCUT2D eigenvalue weighted by atomic mass is 19.4. The fraction of sp³-hybridized carbons (Fsp3) is 0.609. The van der Waals surface area contributed by atoms with Gasteiger partial charge in [0, 0.05) is 19.6 Å². The number of nitrogens with one attached hydrogen (secondary N) is 1. The van der Waals surface area contributed by atoms with E-state index < -0.39 is 52.3 Å². The number of hydrogen-bond acceptors (Lipinski definition) is 4. The summed E-state index contributed by atoms with van der Waals surface area (Å²) in [5.41, 5.74) is -3.32. The minimum Gasteiger partial charge on any atom is -0.444 e. The molecule has 1 N–H and O–H groups in total. The van der Waals surface area contributed by atoms with E-state index in [1.807, 2.05) is 0 Å². The zero-order chi connectivity index (χ0) is 26.1. The van der Waals surface area contributed by atoms with Gasteiger partial charge in [0.15, 0.2) is 0 Å². The van der Waals surface area contributed by atoms with Crippen LogP contribution in [0.15, 0.2) is 18.2 Å². The third kappa shape index (κ3) is 6.60. The monoisotopic (exact) mass is 489 g/mol. The molecule has 1 fully saturated rings. The number of amides is 3. The van der Waals surface area contributed by atoms with Crippen LogP contribution < -0.4 is 5.32 Å². The van der Waals surface area contributed by atoms with Gasteiger partial charge in [0.2, 0.25) is 5.91 Å². The standard InChI is InChI=1S/C23H31F4N3O4/c1-7-17(28-20(33)34-21(2,3)4)19(32)29-10-11-30(22(5,6)13-29)18(31)15-9-8-14(12-16(15)24)23(25,26)27/h8-9,12,17H,7,10-11,13H2,1-6H3,(H,28,33)/t17-/m0/s1. The summed E-state index contributed by atoms with van der Waals surface area (Å²) in [6, 6.07) is 0.956. The zero-order valence-corrected chi connectivity index (χ0v) is 20.2. The van der Waals surface area contributed by atoms with Gasteiger partial charge in [0.1, 0.15) is 17.5 Å². The molecule has 0 unspecified atom stereocenters. The predicted octanol–water partition coefficient (Wildman–Crippen LogP) is 4.21. The number of alkyl halides is 3. The number of halogens is 4. The Morgan fingerprint density at radius 2 is 1.76 bits per heavy atom. The number of ether oxygens (including phenoxy) is 1. The van der Waals surface area contributed by atoms with Crippen LogP contribution in [0.5, 0.6) is 0 Å². The van der Waals surface area contributed by atoms with E-state index in [0.29, 0.717) is 18.6 Å². The molecule has 0 aromatic heterocycles. The van der Waals surface area contributed by atoms with Gasteiger partial charge in [-0.25, -0.2) is 9.18 Å². The molecule has 0 radical (unpaired) electrons. The van der Waals surface area contributed by atoms with E-state index in [9.17, 15) is 31.9 Å². The maximum Gasteiger partial charge on any atom is 0.416 e. The van der Waals surface area contributed by atoms with Gasteiger partial charge in [-0.1, -0.05) is 6.92 Å². The molecule has 0 aliphatic carbocycles. The van der Waals surface area contributed by atoms with Crippen LogP contribution >= 0.6 is 0 Å². The summed E-state index contributed by atoms with van der Waals surface area (Å²) in [6.45, 7) is 10.4. The molecule has 7 nitrogen and oxygen atoms in total. The summed E-state index contributed by atoms with van der Waals surface area (Å²) in [6.07, 6.45) is -5.14. The molecule has 1 aromatic rings. The quantitative estimate of drug-likeness (QED) is 0.643. The summed E-state index contributed by atoms with van der Waals surface area (Å²) >= 11 is 0. The first-order valence-corrected chi connectivity index (χ1v) is 10.9. The minimum absolute atomic E-state index is 0.0426. The second-order valence-electron chi connectivity index (χ2n) is 9.83. The van der Waals surface area contributed by atoms with Gasteiger partial charge in [-0.3, -0.25) is 9.59 Å². The third-order valence-electron chi connectivity index (χ3n) is 5.38. The lowest BCUT2D eigenvalue weighted by Gasteiger charge is -2.47. The van der Waals surface area contributed by atoms with Gasteiger partial charge in [0.25, 0.3) is 5.91 Å². The third-order valence-corrected chi connectivity index (χ3v) is 5.38.